The summed E-state index contributed by atoms with van der Waals surface area (Å²) in [5.74, 6) is 0.793. The summed E-state index contributed by atoms with van der Waals surface area (Å²) < 4.78 is 5.69. The van der Waals surface area contributed by atoms with Crippen molar-refractivity contribution in [1.29, 1.82) is 0 Å². The molecule has 0 fully saturated rings. The van der Waals surface area contributed by atoms with Crippen LogP contribution in [0.3, 0.4) is 0 Å². The van der Waals surface area contributed by atoms with Gasteiger partial charge < -0.3 is 9.84 Å². The molecule has 0 aliphatic heterocycles. The highest BCUT2D eigenvalue weighted by atomic mass is 16.5. The van der Waals surface area contributed by atoms with Crippen LogP contribution in [0, 0.1) is 0 Å². The van der Waals surface area contributed by atoms with Crippen molar-refractivity contribution in [1.82, 2.24) is 0 Å². The molecular formula is C20H28O3. The van der Waals surface area contributed by atoms with Gasteiger partial charge in [-0.15, -0.1) is 6.58 Å². The summed E-state index contributed by atoms with van der Waals surface area (Å²) in [5.41, 5.74) is 0.955. The Bertz CT molecular complexity index is 474. The molecule has 1 N–H and O–H groups in total. The minimum absolute atomic E-state index is 0.268. The smallest absolute Gasteiger partial charge is 0.153 e. The third-order valence-electron chi connectivity index (χ3n) is 3.78. The van der Waals surface area contributed by atoms with E-state index >= 15 is 0 Å². The third-order valence-corrected chi connectivity index (χ3v) is 3.78. The molecule has 3 heteroatoms. The molecule has 0 amide bonds. The standard InChI is InChI=1S/C20H28O3/c1-2-3-4-5-6-7-8-9-10-15-23-20-13-11-18(12-14-20)19(16-21)17-22/h2,11-14,16-17,21H,1,3-10,15H2/b19-16+. The van der Waals surface area contributed by atoms with Crippen LogP contribution in [-0.4, -0.2) is 18.0 Å². The van der Waals surface area contributed by atoms with Gasteiger partial charge >= 0.3 is 0 Å². The number of allylic oxidation sites excluding steroid dienone is 2. The lowest BCUT2D eigenvalue weighted by Gasteiger charge is -2.07. The van der Waals surface area contributed by atoms with E-state index in [9.17, 15) is 4.79 Å². The summed E-state index contributed by atoms with van der Waals surface area (Å²) in [5, 5.41) is 8.92. The van der Waals surface area contributed by atoms with Crippen molar-refractivity contribution in [2.45, 2.75) is 51.4 Å². The van der Waals surface area contributed by atoms with Crippen molar-refractivity contribution in [3.05, 3.63) is 48.7 Å². The minimum atomic E-state index is 0.268. The number of aliphatic hydroxyl groups excluding tert-OH is 1. The van der Waals surface area contributed by atoms with Crippen LogP contribution in [0.15, 0.2) is 43.2 Å². The van der Waals surface area contributed by atoms with Crippen molar-refractivity contribution >= 4 is 11.9 Å². The first-order chi connectivity index (χ1) is 11.3. The summed E-state index contributed by atoms with van der Waals surface area (Å²) in [6.45, 7) is 4.45. The molecule has 1 aromatic rings. The van der Waals surface area contributed by atoms with Crippen molar-refractivity contribution < 1.29 is 14.6 Å². The lowest BCUT2D eigenvalue weighted by atomic mass is 10.1. The summed E-state index contributed by atoms with van der Waals surface area (Å²) in [6.07, 6.45) is 13.3. The maximum absolute atomic E-state index is 10.7. The molecule has 0 spiro atoms. The number of ether oxygens (including phenoxy) is 1. The van der Waals surface area contributed by atoms with Crippen LogP contribution in [0.2, 0.25) is 0 Å². The number of rotatable bonds is 13. The van der Waals surface area contributed by atoms with Gasteiger partial charge in [-0.2, -0.15) is 0 Å². The number of carbonyl (C=O) groups excluding carboxylic acids is 1. The van der Waals surface area contributed by atoms with Crippen molar-refractivity contribution in [2.75, 3.05) is 6.61 Å². The fourth-order valence-corrected chi connectivity index (χ4v) is 2.38. The van der Waals surface area contributed by atoms with E-state index in [4.69, 9.17) is 9.84 Å². The van der Waals surface area contributed by atoms with Gasteiger partial charge in [-0.05, 0) is 37.0 Å². The van der Waals surface area contributed by atoms with E-state index < -0.39 is 0 Å². The monoisotopic (exact) mass is 316 g/mol. The van der Waals surface area contributed by atoms with Crippen LogP contribution in [0.4, 0.5) is 0 Å². The molecular weight excluding hydrogens is 288 g/mol. The highest BCUT2D eigenvalue weighted by Crippen LogP contribution is 2.17. The normalized spacial score (nSPS) is 11.2. The largest absolute Gasteiger partial charge is 0.515 e. The number of carbonyl (C=O) groups is 1. The molecule has 0 radical (unpaired) electrons. The molecule has 1 aromatic carbocycles. The van der Waals surface area contributed by atoms with E-state index in [-0.39, 0.29) is 5.57 Å². The van der Waals surface area contributed by atoms with Crippen LogP contribution in [0.1, 0.15) is 56.9 Å². The average Bonchev–Trinajstić information content (AvgIpc) is 2.59. The molecule has 0 atom stereocenters. The number of unbranched alkanes of at least 4 members (excludes halogenated alkanes) is 7. The fourth-order valence-electron chi connectivity index (χ4n) is 2.38. The maximum Gasteiger partial charge on any atom is 0.153 e. The number of hydrogen-bond donors (Lipinski definition) is 1. The van der Waals surface area contributed by atoms with Gasteiger partial charge in [0.05, 0.1) is 18.4 Å². The van der Waals surface area contributed by atoms with Gasteiger partial charge in [0, 0.05) is 0 Å². The zero-order valence-corrected chi connectivity index (χ0v) is 13.9. The molecule has 0 heterocycles. The maximum atomic E-state index is 10.7. The van der Waals surface area contributed by atoms with Gasteiger partial charge in [0.25, 0.3) is 0 Å². The summed E-state index contributed by atoms with van der Waals surface area (Å²) in [6, 6.07) is 7.19. The molecule has 1 rings (SSSR count). The van der Waals surface area contributed by atoms with Crippen LogP contribution in [-0.2, 0) is 4.79 Å². The van der Waals surface area contributed by atoms with Crippen LogP contribution in [0.5, 0.6) is 5.75 Å². The second kappa shape index (κ2) is 12.5. The Hall–Kier alpha value is -2.03. The summed E-state index contributed by atoms with van der Waals surface area (Å²) in [4.78, 5) is 10.7. The summed E-state index contributed by atoms with van der Waals surface area (Å²) >= 11 is 0. The molecule has 3 nitrogen and oxygen atoms in total. The van der Waals surface area contributed by atoms with Gasteiger partial charge in [0.2, 0.25) is 0 Å². The molecule has 126 valence electrons. The Balaban J connectivity index is 2.10. The fraction of sp³-hybridized carbons (Fsp3) is 0.450. The Morgan fingerprint density at radius 3 is 2.17 bits per heavy atom. The van der Waals surface area contributed by atoms with Gasteiger partial charge in [-0.1, -0.05) is 50.3 Å². The van der Waals surface area contributed by atoms with E-state index in [0.29, 0.717) is 18.5 Å². The van der Waals surface area contributed by atoms with E-state index in [1.165, 1.54) is 38.5 Å². The predicted octanol–water partition coefficient (Wildman–Crippen LogP) is 5.47. The zero-order chi connectivity index (χ0) is 16.8. The average molecular weight is 316 g/mol. The van der Waals surface area contributed by atoms with E-state index in [0.717, 1.165) is 24.9 Å². The van der Waals surface area contributed by atoms with Crippen molar-refractivity contribution in [2.24, 2.45) is 0 Å². The lowest BCUT2D eigenvalue weighted by molar-refractivity contribution is -0.103. The lowest BCUT2D eigenvalue weighted by Crippen LogP contribution is -1.97. The first-order valence-electron chi connectivity index (χ1n) is 8.45. The Kier molecular flexibility index (Phi) is 10.3. The second-order valence-corrected chi connectivity index (χ2v) is 5.63. The van der Waals surface area contributed by atoms with Crippen molar-refractivity contribution in [3.63, 3.8) is 0 Å². The first kappa shape index (κ1) is 19.0. The van der Waals surface area contributed by atoms with Crippen molar-refractivity contribution in [3.8, 4) is 5.75 Å². The number of aliphatic hydroxyl groups is 1. The highest BCUT2D eigenvalue weighted by molar-refractivity contribution is 6.06. The van der Waals surface area contributed by atoms with E-state index in [1.54, 1.807) is 12.1 Å². The molecule has 0 saturated heterocycles. The SMILES string of the molecule is C=CCCCCCCCCCOc1ccc(/C(C=O)=C/O)cc1. The third kappa shape index (κ3) is 8.24. The Labute approximate surface area is 139 Å². The highest BCUT2D eigenvalue weighted by Gasteiger charge is 2.01. The Morgan fingerprint density at radius 1 is 1.00 bits per heavy atom. The van der Waals surface area contributed by atoms with Crippen LogP contribution < -0.4 is 4.74 Å². The van der Waals surface area contributed by atoms with Gasteiger partial charge in [0.1, 0.15) is 5.75 Å². The van der Waals surface area contributed by atoms with Crippen LogP contribution in [0.25, 0.3) is 5.57 Å². The quantitative estimate of drug-likeness (QED) is 0.172. The molecule has 23 heavy (non-hydrogen) atoms. The molecule has 0 aliphatic carbocycles. The summed E-state index contributed by atoms with van der Waals surface area (Å²) in [7, 11) is 0. The number of hydrogen-bond acceptors (Lipinski definition) is 3. The van der Waals surface area contributed by atoms with Gasteiger partial charge in [0.15, 0.2) is 6.29 Å². The zero-order valence-electron chi connectivity index (χ0n) is 13.9. The topological polar surface area (TPSA) is 46.5 Å². The number of benzene rings is 1. The molecule has 0 unspecified atom stereocenters. The van der Waals surface area contributed by atoms with Crippen LogP contribution >= 0.6 is 0 Å². The van der Waals surface area contributed by atoms with Gasteiger partial charge in [-0.3, -0.25) is 4.79 Å². The molecule has 0 saturated carbocycles. The predicted molar refractivity (Wildman–Crippen MR) is 95.7 cm³/mol. The molecule has 0 aromatic heterocycles. The number of aldehydes is 1. The van der Waals surface area contributed by atoms with Gasteiger partial charge in [-0.25, -0.2) is 0 Å². The Morgan fingerprint density at radius 2 is 1.61 bits per heavy atom. The molecule has 0 bridgehead atoms. The van der Waals surface area contributed by atoms with E-state index in [1.807, 2.05) is 18.2 Å². The first-order valence-corrected chi connectivity index (χ1v) is 8.45. The van der Waals surface area contributed by atoms with E-state index in [2.05, 4.69) is 6.58 Å². The minimum Gasteiger partial charge on any atom is -0.515 e. The molecule has 0 aliphatic rings. The second-order valence-electron chi connectivity index (χ2n) is 5.63.